The smallest absolute Gasteiger partial charge is 0.295 e. The number of rotatable bonds is 8. The molecule has 8 heteroatoms. The summed E-state index contributed by atoms with van der Waals surface area (Å²) in [6.07, 6.45) is 3.50. The number of nitrogens with one attached hydrogen (secondary N) is 1. The molecule has 2 heterocycles. The summed E-state index contributed by atoms with van der Waals surface area (Å²) in [4.78, 5) is 31.0. The highest BCUT2D eigenvalue weighted by molar-refractivity contribution is 6.46. The molecule has 3 aromatic rings. The summed E-state index contributed by atoms with van der Waals surface area (Å²) in [5.41, 5.74) is 2.31. The second kappa shape index (κ2) is 10.5. The van der Waals surface area contributed by atoms with E-state index in [0.29, 0.717) is 35.0 Å². The van der Waals surface area contributed by atoms with Crippen molar-refractivity contribution in [2.24, 2.45) is 0 Å². The van der Waals surface area contributed by atoms with Gasteiger partial charge in [0, 0.05) is 17.2 Å². The van der Waals surface area contributed by atoms with Crippen LogP contribution >= 0.6 is 0 Å². The highest BCUT2D eigenvalue weighted by atomic mass is 16.5. The number of Topliss-reactive ketones (excluding diaryl/α,β-unsaturated/α-hetero) is 1. The van der Waals surface area contributed by atoms with Gasteiger partial charge < -0.3 is 24.2 Å². The highest BCUT2D eigenvalue weighted by Gasteiger charge is 2.44. The van der Waals surface area contributed by atoms with Crippen LogP contribution in [0.25, 0.3) is 5.76 Å². The molecule has 8 nitrogen and oxygen atoms in total. The van der Waals surface area contributed by atoms with Gasteiger partial charge >= 0.3 is 0 Å². The normalized spacial score (nSPS) is 16.8. The van der Waals surface area contributed by atoms with Gasteiger partial charge in [0.15, 0.2) is 23.9 Å². The number of amides is 1. The Morgan fingerprint density at radius 3 is 2.42 bits per heavy atom. The van der Waals surface area contributed by atoms with Gasteiger partial charge in [0.1, 0.15) is 5.75 Å². The van der Waals surface area contributed by atoms with Gasteiger partial charge in [0.25, 0.3) is 5.91 Å². The van der Waals surface area contributed by atoms with E-state index in [9.17, 15) is 14.7 Å². The van der Waals surface area contributed by atoms with Crippen LogP contribution in [0, 0.1) is 6.92 Å². The van der Waals surface area contributed by atoms with E-state index in [1.807, 2.05) is 26.0 Å². The predicted octanol–water partition coefficient (Wildman–Crippen LogP) is 2.65. The fraction of sp³-hybridized carbons (Fsp3) is 0.250. The zero-order valence-electron chi connectivity index (χ0n) is 20.7. The van der Waals surface area contributed by atoms with Crippen LogP contribution in [0.4, 0.5) is 0 Å². The van der Waals surface area contributed by atoms with Crippen molar-refractivity contribution in [1.82, 2.24) is 4.90 Å². The maximum atomic E-state index is 13.7. The first-order valence-corrected chi connectivity index (χ1v) is 11.6. The third kappa shape index (κ3) is 4.62. The van der Waals surface area contributed by atoms with Gasteiger partial charge in [-0.2, -0.15) is 0 Å². The number of nitrogens with zero attached hydrogens (tertiary/aromatic N) is 1. The van der Waals surface area contributed by atoms with Crippen LogP contribution in [-0.4, -0.2) is 37.4 Å². The first kappa shape index (κ1) is 24.8. The van der Waals surface area contributed by atoms with Crippen LogP contribution in [0.1, 0.15) is 35.2 Å². The molecule has 0 spiro atoms. The molecule has 1 saturated heterocycles. The second-order valence-electron chi connectivity index (χ2n) is 8.35. The van der Waals surface area contributed by atoms with Crippen molar-refractivity contribution >= 4 is 17.4 Å². The van der Waals surface area contributed by atoms with E-state index in [0.717, 1.165) is 11.1 Å². The van der Waals surface area contributed by atoms with Crippen LogP contribution in [0.2, 0.25) is 0 Å². The Labute approximate surface area is 209 Å². The van der Waals surface area contributed by atoms with E-state index < -0.39 is 23.5 Å². The molecular weight excluding hydrogens is 460 g/mol. The summed E-state index contributed by atoms with van der Waals surface area (Å²) in [6, 6.07) is 12.9. The molecule has 0 aliphatic carbocycles. The summed E-state index contributed by atoms with van der Waals surface area (Å²) < 4.78 is 16.4. The maximum absolute atomic E-state index is 13.7. The number of carbonyl (C=O) groups is 2. The average Bonchev–Trinajstić information content (AvgIpc) is 3.14. The summed E-state index contributed by atoms with van der Waals surface area (Å²) in [6.45, 7) is 4.26. The monoisotopic (exact) mass is 488 g/mol. The lowest BCUT2D eigenvalue weighted by Gasteiger charge is -2.28. The number of hydrogen-bond donors (Lipinski definition) is 0. The summed E-state index contributed by atoms with van der Waals surface area (Å²) >= 11 is 0. The van der Waals surface area contributed by atoms with Gasteiger partial charge in [-0.1, -0.05) is 17.9 Å². The summed E-state index contributed by atoms with van der Waals surface area (Å²) in [7, 11) is 3.06. The van der Waals surface area contributed by atoms with E-state index in [-0.39, 0.29) is 12.1 Å². The van der Waals surface area contributed by atoms with Crippen LogP contribution in [0.3, 0.4) is 0 Å². The molecule has 0 radical (unpaired) electrons. The molecule has 4 rings (SSSR count). The number of methoxy groups -OCH3 is 2. The molecule has 1 atom stereocenters. The minimum absolute atomic E-state index is 0.101. The Morgan fingerprint density at radius 2 is 1.78 bits per heavy atom. The quantitative estimate of drug-likeness (QED) is 0.274. The van der Waals surface area contributed by atoms with Gasteiger partial charge in [0.2, 0.25) is 5.78 Å². The Morgan fingerprint density at radius 1 is 1.03 bits per heavy atom. The molecule has 1 fully saturated rings. The standard InChI is InChI=1S/C28H28N2O6/c1-5-36-22-11-8-19(14-23(22)35-4)25-24(26(31)20-9-10-21(34-3)17(2)13-20)27(32)28(33)30(25)16-18-7-6-12-29-15-18/h6-15,25,31H,5,16H2,1-4H3. The van der Waals surface area contributed by atoms with Crippen LogP contribution in [0.5, 0.6) is 17.2 Å². The average molecular weight is 489 g/mol. The first-order valence-electron chi connectivity index (χ1n) is 11.6. The number of benzene rings is 2. The van der Waals surface area contributed by atoms with Crippen LogP contribution < -0.4 is 24.3 Å². The van der Waals surface area contributed by atoms with Gasteiger partial charge in [-0.15, -0.1) is 0 Å². The molecule has 1 aliphatic heterocycles. The SMILES string of the molecule is CCOc1ccc(C2C(=C([O-])c3ccc(OC)c(C)c3)C(=O)C(=O)N2Cc2ccc[nH+]c2)cc1OC. The third-order valence-corrected chi connectivity index (χ3v) is 6.11. The van der Waals surface area contributed by atoms with Crippen molar-refractivity contribution in [1.29, 1.82) is 0 Å². The molecule has 0 bridgehead atoms. The first-order chi connectivity index (χ1) is 17.4. The molecule has 36 heavy (non-hydrogen) atoms. The number of ether oxygens (including phenoxy) is 3. The van der Waals surface area contributed by atoms with Crippen molar-refractivity contribution < 1.29 is 33.9 Å². The number of aryl methyl sites for hydroxylation is 1. The highest BCUT2D eigenvalue weighted by Crippen LogP contribution is 2.42. The third-order valence-electron chi connectivity index (χ3n) is 6.11. The lowest BCUT2D eigenvalue weighted by atomic mass is 9.94. The summed E-state index contributed by atoms with van der Waals surface area (Å²) in [5.74, 6) is -0.445. The minimum atomic E-state index is -0.898. The van der Waals surface area contributed by atoms with Crippen LogP contribution in [-0.2, 0) is 16.1 Å². The van der Waals surface area contributed by atoms with Crippen molar-refractivity contribution in [2.45, 2.75) is 26.4 Å². The lowest BCUT2D eigenvalue weighted by molar-refractivity contribution is -0.378. The molecule has 2 aromatic carbocycles. The van der Waals surface area contributed by atoms with E-state index in [1.54, 1.807) is 55.9 Å². The number of H-pyrrole nitrogens is 1. The molecule has 186 valence electrons. The number of hydrogen-bond acceptors (Lipinski definition) is 6. The van der Waals surface area contributed by atoms with E-state index in [1.165, 1.54) is 12.0 Å². The number of aromatic amines is 1. The van der Waals surface area contributed by atoms with Gasteiger partial charge in [-0.25, -0.2) is 4.98 Å². The fourth-order valence-corrected chi connectivity index (χ4v) is 4.41. The Bertz CT molecular complexity index is 1320. The number of ketones is 1. The Hall–Kier alpha value is -4.33. The molecule has 1 unspecified atom stereocenters. The number of pyridine rings is 1. The molecule has 1 aromatic heterocycles. The predicted molar refractivity (Wildman–Crippen MR) is 130 cm³/mol. The zero-order chi connectivity index (χ0) is 25.8. The Kier molecular flexibility index (Phi) is 7.24. The largest absolute Gasteiger partial charge is 0.872 e. The van der Waals surface area contributed by atoms with Crippen molar-refractivity contribution in [3.8, 4) is 17.2 Å². The van der Waals surface area contributed by atoms with Gasteiger partial charge in [-0.3, -0.25) is 9.59 Å². The zero-order valence-corrected chi connectivity index (χ0v) is 20.7. The molecule has 1 amide bonds. The number of likely N-dealkylation sites (tertiary alicyclic amines) is 1. The van der Waals surface area contributed by atoms with E-state index in [4.69, 9.17) is 14.2 Å². The van der Waals surface area contributed by atoms with Crippen molar-refractivity contribution in [3.63, 3.8) is 0 Å². The van der Waals surface area contributed by atoms with E-state index in [2.05, 4.69) is 4.98 Å². The van der Waals surface area contributed by atoms with Gasteiger partial charge in [-0.05, 0) is 60.9 Å². The molecule has 1 N–H and O–H groups in total. The van der Waals surface area contributed by atoms with E-state index >= 15 is 0 Å². The molecule has 1 aliphatic rings. The fourth-order valence-electron chi connectivity index (χ4n) is 4.41. The topological polar surface area (TPSA) is 102 Å². The van der Waals surface area contributed by atoms with Crippen LogP contribution in [0.15, 0.2) is 66.5 Å². The molecule has 0 saturated carbocycles. The van der Waals surface area contributed by atoms with Crippen molar-refractivity contribution in [2.75, 3.05) is 20.8 Å². The number of carbonyl (C=O) groups excluding carboxylic acids is 2. The minimum Gasteiger partial charge on any atom is -0.872 e. The van der Waals surface area contributed by atoms with Crippen molar-refractivity contribution in [3.05, 3.63) is 88.8 Å². The number of aromatic nitrogens is 1. The maximum Gasteiger partial charge on any atom is 0.295 e. The lowest BCUT2D eigenvalue weighted by Crippen LogP contribution is -2.29. The van der Waals surface area contributed by atoms with Gasteiger partial charge in [0.05, 0.1) is 33.4 Å². The molecular formula is C28H28N2O6. The second-order valence-corrected chi connectivity index (χ2v) is 8.35. The Balaban J connectivity index is 1.89. The summed E-state index contributed by atoms with van der Waals surface area (Å²) in [5, 5.41) is 13.7.